The molecule has 0 bridgehead atoms. The largest absolute Gasteiger partial charge is 0.480 e. The Balaban J connectivity index is 0.000000472. The zero-order chi connectivity index (χ0) is 19.1. The highest BCUT2D eigenvalue weighted by Gasteiger charge is 2.20. The van der Waals surface area contributed by atoms with Crippen LogP contribution in [0.3, 0.4) is 0 Å². The van der Waals surface area contributed by atoms with Gasteiger partial charge in [0.1, 0.15) is 12.1 Å². The second-order valence-electron chi connectivity index (χ2n) is 5.69. The van der Waals surface area contributed by atoms with E-state index in [-0.39, 0.29) is 11.5 Å². The molecule has 0 amide bonds. The minimum Gasteiger partial charge on any atom is -0.480 e. The molecule has 0 aromatic heterocycles. The van der Waals surface area contributed by atoms with Gasteiger partial charge in [0.15, 0.2) is 0 Å². The minimum absolute atomic E-state index is 0.229. The van der Waals surface area contributed by atoms with Crippen molar-refractivity contribution in [2.24, 2.45) is 11.5 Å². The number of nitrogens with two attached hydrogens (primary N) is 2. The Kier molecular flexibility index (Phi) is 15.1. The molecule has 3 unspecified atom stereocenters. The summed E-state index contributed by atoms with van der Waals surface area (Å²) in [7, 11) is 2.41. The second-order valence-corrected chi connectivity index (χ2v) is 8.25. The number of hydrogen-bond acceptors (Lipinski definition) is 7. The van der Waals surface area contributed by atoms with Crippen LogP contribution in [0.4, 0.5) is 0 Å². The monoisotopic (exact) mass is 394 g/mol. The lowest BCUT2D eigenvalue weighted by Crippen LogP contribution is -2.33. The number of rotatable bonds is 14. The fourth-order valence-corrected chi connectivity index (χ4v) is 3.86. The Bertz CT molecular complexity index is 373. The van der Waals surface area contributed by atoms with Crippen LogP contribution in [0.5, 0.6) is 0 Å². The standard InChI is InChI=1S/C10H18O.C6H12N2O4S2/c1-2-3-4-5-6-7-8-10-9-11-10;7-3(5(9)10)1-13-14-2-4(8)6(11)12/h2,10H,1,3-9H2;3-4H,1-2,7-8H2,(H,9,10)(H,11,12). The van der Waals surface area contributed by atoms with E-state index in [0.29, 0.717) is 6.10 Å². The third-order valence-electron chi connectivity index (χ3n) is 3.30. The maximum atomic E-state index is 10.3. The Morgan fingerprint density at radius 1 is 1.08 bits per heavy atom. The first-order valence-electron chi connectivity index (χ1n) is 8.32. The van der Waals surface area contributed by atoms with Gasteiger partial charge in [0.25, 0.3) is 0 Å². The van der Waals surface area contributed by atoms with Crippen molar-refractivity contribution in [2.45, 2.75) is 56.7 Å². The van der Waals surface area contributed by atoms with E-state index in [4.69, 9.17) is 26.4 Å². The van der Waals surface area contributed by atoms with Crippen LogP contribution >= 0.6 is 21.6 Å². The SMILES string of the molecule is C=CCCCCCCC1CO1.NC(CSSCC(N)C(=O)O)C(=O)O. The van der Waals surface area contributed by atoms with E-state index >= 15 is 0 Å². The highest BCUT2D eigenvalue weighted by molar-refractivity contribution is 8.76. The summed E-state index contributed by atoms with van der Waals surface area (Å²) in [6.45, 7) is 4.72. The molecule has 0 spiro atoms. The number of hydrogen-bond donors (Lipinski definition) is 4. The highest BCUT2D eigenvalue weighted by Crippen LogP contribution is 2.22. The second kappa shape index (κ2) is 15.5. The third-order valence-corrected chi connectivity index (χ3v) is 5.77. The van der Waals surface area contributed by atoms with Gasteiger partial charge in [-0.05, 0) is 19.3 Å². The molecular formula is C16H30N2O5S2. The molecule has 1 aliphatic rings. The zero-order valence-corrected chi connectivity index (χ0v) is 16.1. The van der Waals surface area contributed by atoms with E-state index < -0.39 is 24.0 Å². The summed E-state index contributed by atoms with van der Waals surface area (Å²) in [5.41, 5.74) is 10.4. The van der Waals surface area contributed by atoms with Crippen molar-refractivity contribution in [2.75, 3.05) is 18.1 Å². The van der Waals surface area contributed by atoms with Gasteiger partial charge >= 0.3 is 11.9 Å². The zero-order valence-electron chi connectivity index (χ0n) is 14.5. The molecule has 25 heavy (non-hydrogen) atoms. The normalized spacial score (nSPS) is 17.8. The van der Waals surface area contributed by atoms with Crippen LogP contribution in [0.15, 0.2) is 12.7 Å². The number of carboxylic acids is 2. The smallest absolute Gasteiger partial charge is 0.321 e. The van der Waals surface area contributed by atoms with Crippen molar-refractivity contribution in [1.29, 1.82) is 0 Å². The molecule has 9 heteroatoms. The molecule has 1 fully saturated rings. The Morgan fingerprint density at radius 3 is 1.96 bits per heavy atom. The van der Waals surface area contributed by atoms with Gasteiger partial charge in [-0.3, -0.25) is 9.59 Å². The van der Waals surface area contributed by atoms with Gasteiger partial charge in [0, 0.05) is 11.5 Å². The van der Waals surface area contributed by atoms with E-state index in [9.17, 15) is 9.59 Å². The summed E-state index contributed by atoms with van der Waals surface area (Å²) >= 11 is 0. The van der Waals surface area contributed by atoms with Gasteiger partial charge in [0.2, 0.25) is 0 Å². The molecule has 6 N–H and O–H groups in total. The number of carboxylic acid groups (broad SMARTS) is 2. The molecule has 1 saturated heterocycles. The Morgan fingerprint density at radius 2 is 1.56 bits per heavy atom. The van der Waals surface area contributed by atoms with Gasteiger partial charge in [-0.15, -0.1) is 6.58 Å². The summed E-state index contributed by atoms with van der Waals surface area (Å²) in [4.78, 5) is 20.5. The van der Waals surface area contributed by atoms with Gasteiger partial charge in [-0.25, -0.2) is 0 Å². The van der Waals surface area contributed by atoms with E-state index in [1.54, 1.807) is 0 Å². The van der Waals surface area contributed by atoms with Crippen molar-refractivity contribution in [3.05, 3.63) is 12.7 Å². The van der Waals surface area contributed by atoms with Crippen LogP contribution in [0, 0.1) is 0 Å². The van der Waals surface area contributed by atoms with Gasteiger partial charge in [-0.2, -0.15) is 0 Å². The third kappa shape index (κ3) is 16.5. The number of epoxide rings is 1. The van der Waals surface area contributed by atoms with Crippen LogP contribution in [0.2, 0.25) is 0 Å². The minimum atomic E-state index is -1.07. The molecule has 3 atom stereocenters. The molecule has 146 valence electrons. The lowest BCUT2D eigenvalue weighted by Gasteiger charge is -2.07. The molecule has 0 saturated carbocycles. The van der Waals surface area contributed by atoms with Crippen molar-refractivity contribution in [3.63, 3.8) is 0 Å². The van der Waals surface area contributed by atoms with Crippen molar-refractivity contribution in [1.82, 2.24) is 0 Å². The van der Waals surface area contributed by atoms with Crippen molar-refractivity contribution < 1.29 is 24.5 Å². The predicted molar refractivity (Wildman–Crippen MR) is 104 cm³/mol. The van der Waals surface area contributed by atoms with Crippen LogP contribution < -0.4 is 11.5 Å². The number of carbonyl (C=O) groups is 2. The maximum absolute atomic E-state index is 10.3. The fourth-order valence-electron chi connectivity index (χ4n) is 1.63. The molecule has 7 nitrogen and oxygen atoms in total. The van der Waals surface area contributed by atoms with Crippen LogP contribution in [-0.2, 0) is 14.3 Å². The van der Waals surface area contributed by atoms with Gasteiger partial charge in [0.05, 0.1) is 12.7 Å². The van der Waals surface area contributed by atoms with Crippen LogP contribution in [0.25, 0.3) is 0 Å². The molecular weight excluding hydrogens is 364 g/mol. The van der Waals surface area contributed by atoms with Crippen LogP contribution in [-0.4, -0.2) is 58.5 Å². The highest BCUT2D eigenvalue weighted by atomic mass is 33.1. The molecule has 1 aliphatic heterocycles. The molecule has 0 aliphatic carbocycles. The first-order valence-corrected chi connectivity index (χ1v) is 10.8. The van der Waals surface area contributed by atoms with E-state index in [0.717, 1.165) is 6.61 Å². The molecule has 0 radical (unpaired) electrons. The lowest BCUT2D eigenvalue weighted by atomic mass is 10.1. The maximum Gasteiger partial charge on any atom is 0.321 e. The molecule has 1 rings (SSSR count). The van der Waals surface area contributed by atoms with E-state index in [1.165, 1.54) is 60.1 Å². The summed E-state index contributed by atoms with van der Waals surface area (Å²) in [5, 5.41) is 16.8. The number of aliphatic carboxylic acids is 2. The Labute approximate surface area is 157 Å². The number of unbranched alkanes of at least 4 members (excludes halogenated alkanes) is 4. The summed E-state index contributed by atoms with van der Waals surface area (Å²) in [6, 6.07) is -1.85. The first-order chi connectivity index (χ1) is 11.9. The summed E-state index contributed by atoms with van der Waals surface area (Å²) in [5.74, 6) is -1.68. The lowest BCUT2D eigenvalue weighted by molar-refractivity contribution is -0.138. The average molecular weight is 395 g/mol. The first kappa shape index (κ1) is 24.3. The average Bonchev–Trinajstić information content (AvgIpc) is 3.39. The van der Waals surface area contributed by atoms with Crippen molar-refractivity contribution in [3.8, 4) is 0 Å². The van der Waals surface area contributed by atoms with Gasteiger partial charge < -0.3 is 26.4 Å². The molecule has 0 aromatic rings. The molecule has 1 heterocycles. The number of ether oxygens (including phenoxy) is 1. The van der Waals surface area contributed by atoms with Gasteiger partial charge in [-0.1, -0.05) is 46.9 Å². The predicted octanol–water partition coefficient (Wildman–Crippen LogP) is 2.10. The van der Waals surface area contributed by atoms with E-state index in [2.05, 4.69) is 6.58 Å². The topological polar surface area (TPSA) is 139 Å². The Hall–Kier alpha value is -0.740. The number of allylic oxidation sites excluding steroid dienone is 1. The quantitative estimate of drug-likeness (QED) is 0.151. The van der Waals surface area contributed by atoms with E-state index in [1.807, 2.05) is 6.08 Å². The summed E-state index contributed by atoms with van der Waals surface area (Å²) < 4.78 is 5.12. The van der Waals surface area contributed by atoms with Crippen molar-refractivity contribution >= 4 is 33.5 Å². The molecule has 0 aromatic carbocycles. The fraction of sp³-hybridized carbons (Fsp3) is 0.750. The summed E-state index contributed by atoms with van der Waals surface area (Å²) in [6.07, 6.45) is 10.5. The van der Waals surface area contributed by atoms with Crippen LogP contribution in [0.1, 0.15) is 38.5 Å².